The van der Waals surface area contributed by atoms with E-state index in [1.807, 2.05) is 0 Å². The molecule has 0 atom stereocenters. The number of halogens is 2. The number of aliphatic hydroxyl groups excluding tert-OH is 1. The number of hydrogen-bond acceptors (Lipinski definition) is 2. The first-order chi connectivity index (χ1) is 12.7. The molecule has 26 heavy (non-hydrogen) atoms. The van der Waals surface area contributed by atoms with Gasteiger partial charge in [0.15, 0.2) is 0 Å². The summed E-state index contributed by atoms with van der Waals surface area (Å²) in [6, 6.07) is 23.2. The third kappa shape index (κ3) is 3.30. The van der Waals surface area contributed by atoms with Crippen LogP contribution >= 0.6 is 31.9 Å². The third-order valence-electron chi connectivity index (χ3n) is 4.53. The van der Waals surface area contributed by atoms with E-state index in [9.17, 15) is 0 Å². The lowest BCUT2D eigenvalue weighted by molar-refractivity contribution is -0.0110. The van der Waals surface area contributed by atoms with Gasteiger partial charge in [-0.3, -0.25) is 0 Å². The zero-order valence-electron chi connectivity index (χ0n) is 13.9. The van der Waals surface area contributed by atoms with Crippen molar-refractivity contribution < 1.29 is 9.84 Å². The Morgan fingerprint density at radius 1 is 0.769 bits per heavy atom. The molecule has 0 radical (unpaired) electrons. The molecule has 130 valence electrons. The minimum atomic E-state index is -0.291. The van der Waals surface area contributed by atoms with Crippen LogP contribution in [0.3, 0.4) is 0 Å². The Labute approximate surface area is 168 Å². The van der Waals surface area contributed by atoms with Crippen molar-refractivity contribution in [2.24, 2.45) is 0 Å². The molecule has 0 aliphatic rings. The summed E-state index contributed by atoms with van der Waals surface area (Å²) >= 11 is 7.12. The fraction of sp³-hybridized carbons (Fsp3) is 0.0909. The molecule has 0 bridgehead atoms. The SMILES string of the molecule is OCOCc1ccc2cc(Br)ccc2c1-c1cccc2cc(Br)ccc12. The molecular weight excluding hydrogens is 456 g/mol. The summed E-state index contributed by atoms with van der Waals surface area (Å²) < 4.78 is 7.44. The minimum Gasteiger partial charge on any atom is -0.371 e. The van der Waals surface area contributed by atoms with E-state index in [0.29, 0.717) is 6.61 Å². The summed E-state index contributed by atoms with van der Waals surface area (Å²) in [6.07, 6.45) is 0. The minimum absolute atomic E-state index is 0.291. The Morgan fingerprint density at radius 3 is 2.19 bits per heavy atom. The Morgan fingerprint density at radius 2 is 1.46 bits per heavy atom. The van der Waals surface area contributed by atoms with Crippen LogP contribution < -0.4 is 0 Å². The molecule has 0 amide bonds. The third-order valence-corrected chi connectivity index (χ3v) is 5.52. The van der Waals surface area contributed by atoms with E-state index < -0.39 is 0 Å². The topological polar surface area (TPSA) is 29.5 Å². The maximum absolute atomic E-state index is 9.11. The summed E-state index contributed by atoms with van der Waals surface area (Å²) in [5.74, 6) is 0. The van der Waals surface area contributed by atoms with Crippen LogP contribution in [0.25, 0.3) is 32.7 Å². The monoisotopic (exact) mass is 470 g/mol. The molecule has 4 heteroatoms. The molecule has 0 aliphatic carbocycles. The lowest BCUT2D eigenvalue weighted by Gasteiger charge is -2.16. The van der Waals surface area contributed by atoms with E-state index in [1.165, 1.54) is 21.7 Å². The first-order valence-electron chi connectivity index (χ1n) is 8.26. The molecule has 2 nitrogen and oxygen atoms in total. The number of aliphatic hydroxyl groups is 1. The highest BCUT2D eigenvalue weighted by Gasteiger charge is 2.13. The van der Waals surface area contributed by atoms with Crippen molar-refractivity contribution in [1.82, 2.24) is 0 Å². The molecule has 0 heterocycles. The molecule has 0 saturated carbocycles. The number of fused-ring (bicyclic) bond motifs is 2. The van der Waals surface area contributed by atoms with E-state index in [0.717, 1.165) is 25.5 Å². The summed E-state index contributed by atoms with van der Waals surface area (Å²) in [5.41, 5.74) is 3.38. The van der Waals surface area contributed by atoms with Gasteiger partial charge >= 0.3 is 0 Å². The highest BCUT2D eigenvalue weighted by molar-refractivity contribution is 9.10. The molecule has 4 rings (SSSR count). The van der Waals surface area contributed by atoms with Gasteiger partial charge in [-0.05, 0) is 62.5 Å². The summed E-state index contributed by atoms with van der Waals surface area (Å²) in [7, 11) is 0. The molecule has 4 aromatic carbocycles. The van der Waals surface area contributed by atoms with Crippen LogP contribution in [0.5, 0.6) is 0 Å². The normalized spacial score (nSPS) is 11.3. The van der Waals surface area contributed by atoms with Crippen molar-refractivity contribution in [2.75, 3.05) is 6.79 Å². The fourth-order valence-corrected chi connectivity index (χ4v) is 4.17. The molecule has 4 aromatic rings. The van der Waals surface area contributed by atoms with Crippen LogP contribution in [0.2, 0.25) is 0 Å². The smallest absolute Gasteiger partial charge is 0.144 e. The first-order valence-corrected chi connectivity index (χ1v) is 9.84. The standard InChI is InChI=1S/C22H16Br2O2/c23-17-6-8-19-14(10-17)2-1-3-21(19)22-16(12-26-13-25)5-4-15-11-18(24)7-9-20(15)22/h1-11,25H,12-13H2. The largest absolute Gasteiger partial charge is 0.371 e. The highest BCUT2D eigenvalue weighted by Crippen LogP contribution is 2.38. The molecule has 0 spiro atoms. The Balaban J connectivity index is 2.06. The van der Waals surface area contributed by atoms with Gasteiger partial charge in [0.05, 0.1) is 6.61 Å². The van der Waals surface area contributed by atoms with E-state index in [-0.39, 0.29) is 6.79 Å². The van der Waals surface area contributed by atoms with Gasteiger partial charge in [-0.2, -0.15) is 0 Å². The van der Waals surface area contributed by atoms with Crippen LogP contribution in [-0.2, 0) is 11.3 Å². The Hall–Kier alpha value is -1.72. The molecule has 0 aromatic heterocycles. The number of hydrogen-bond donors (Lipinski definition) is 1. The lowest BCUT2D eigenvalue weighted by atomic mass is 9.90. The van der Waals surface area contributed by atoms with Crippen molar-refractivity contribution in [3.05, 3.63) is 81.2 Å². The van der Waals surface area contributed by atoms with Crippen LogP contribution in [-0.4, -0.2) is 11.9 Å². The second-order valence-electron chi connectivity index (χ2n) is 6.11. The Bertz CT molecular complexity index is 1110. The van der Waals surface area contributed by atoms with Gasteiger partial charge in [-0.25, -0.2) is 0 Å². The van der Waals surface area contributed by atoms with E-state index >= 15 is 0 Å². The van der Waals surface area contributed by atoms with E-state index in [2.05, 4.69) is 98.6 Å². The van der Waals surface area contributed by atoms with Crippen molar-refractivity contribution >= 4 is 53.4 Å². The van der Waals surface area contributed by atoms with Crippen LogP contribution in [0.15, 0.2) is 75.7 Å². The second kappa shape index (κ2) is 7.49. The number of benzene rings is 4. The van der Waals surface area contributed by atoms with E-state index in [4.69, 9.17) is 9.84 Å². The van der Waals surface area contributed by atoms with E-state index in [1.54, 1.807) is 0 Å². The number of ether oxygens (including phenoxy) is 1. The van der Waals surface area contributed by atoms with Gasteiger partial charge in [0.25, 0.3) is 0 Å². The van der Waals surface area contributed by atoms with Crippen LogP contribution in [0.1, 0.15) is 5.56 Å². The lowest BCUT2D eigenvalue weighted by Crippen LogP contribution is -1.98. The van der Waals surface area contributed by atoms with Crippen LogP contribution in [0, 0.1) is 0 Å². The van der Waals surface area contributed by atoms with Crippen LogP contribution in [0.4, 0.5) is 0 Å². The van der Waals surface area contributed by atoms with Gasteiger partial charge in [-0.1, -0.05) is 74.3 Å². The molecule has 0 unspecified atom stereocenters. The highest BCUT2D eigenvalue weighted by atomic mass is 79.9. The maximum Gasteiger partial charge on any atom is 0.144 e. The number of rotatable bonds is 4. The average molecular weight is 472 g/mol. The predicted octanol–water partition coefficient (Wildman–Crippen LogP) is 6.65. The van der Waals surface area contributed by atoms with Gasteiger partial charge in [0.1, 0.15) is 6.79 Å². The average Bonchev–Trinajstić information content (AvgIpc) is 2.65. The molecule has 0 aliphatic heterocycles. The van der Waals surface area contributed by atoms with Crippen molar-refractivity contribution in [3.63, 3.8) is 0 Å². The zero-order valence-corrected chi connectivity index (χ0v) is 17.0. The van der Waals surface area contributed by atoms with Crippen molar-refractivity contribution in [2.45, 2.75) is 6.61 Å². The van der Waals surface area contributed by atoms with Gasteiger partial charge in [0, 0.05) is 8.95 Å². The summed E-state index contributed by atoms with van der Waals surface area (Å²) in [5, 5.41) is 13.8. The summed E-state index contributed by atoms with van der Waals surface area (Å²) in [6.45, 7) is 0.0745. The fourth-order valence-electron chi connectivity index (χ4n) is 3.41. The van der Waals surface area contributed by atoms with Gasteiger partial charge < -0.3 is 9.84 Å². The van der Waals surface area contributed by atoms with Crippen molar-refractivity contribution in [3.8, 4) is 11.1 Å². The zero-order chi connectivity index (χ0) is 18.1. The quantitative estimate of drug-likeness (QED) is 0.337. The molecule has 0 saturated heterocycles. The molecular formula is C22H16Br2O2. The summed E-state index contributed by atoms with van der Waals surface area (Å²) in [4.78, 5) is 0. The first kappa shape index (κ1) is 17.7. The van der Waals surface area contributed by atoms with Gasteiger partial charge in [-0.15, -0.1) is 0 Å². The maximum atomic E-state index is 9.11. The molecule has 1 N–H and O–H groups in total. The van der Waals surface area contributed by atoms with Gasteiger partial charge in [0.2, 0.25) is 0 Å². The molecule has 0 fully saturated rings. The Kier molecular flexibility index (Phi) is 5.09. The predicted molar refractivity (Wildman–Crippen MR) is 114 cm³/mol. The van der Waals surface area contributed by atoms with Crippen molar-refractivity contribution in [1.29, 1.82) is 0 Å². The second-order valence-corrected chi connectivity index (χ2v) is 7.95.